The van der Waals surface area contributed by atoms with E-state index in [2.05, 4.69) is 15.9 Å². The van der Waals surface area contributed by atoms with Gasteiger partial charge in [0.05, 0.1) is 9.50 Å². The third kappa shape index (κ3) is 3.29. The second kappa shape index (κ2) is 6.24. The van der Waals surface area contributed by atoms with Crippen LogP contribution in [0, 0.1) is 5.82 Å². The number of para-hydroxylation sites is 1. The molecule has 6 heteroatoms. The van der Waals surface area contributed by atoms with Gasteiger partial charge in [0.1, 0.15) is 23.7 Å². The summed E-state index contributed by atoms with van der Waals surface area (Å²) in [5.74, 6) is -1.32. The Morgan fingerprint density at radius 2 is 2.10 bits per heavy atom. The Morgan fingerprint density at radius 3 is 2.75 bits per heavy atom. The molecule has 3 nitrogen and oxygen atoms in total. The van der Waals surface area contributed by atoms with E-state index in [-0.39, 0.29) is 22.9 Å². The molecule has 0 aromatic heterocycles. The number of hydrogen-bond donors (Lipinski definition) is 1. The van der Waals surface area contributed by atoms with Crippen molar-refractivity contribution in [3.05, 3.63) is 62.8 Å². The lowest BCUT2D eigenvalue weighted by atomic mass is 10.2. The zero-order valence-corrected chi connectivity index (χ0v) is 12.4. The van der Waals surface area contributed by atoms with Gasteiger partial charge in [-0.3, -0.25) is 0 Å². The van der Waals surface area contributed by atoms with Crippen LogP contribution in [0.5, 0.6) is 5.75 Å². The van der Waals surface area contributed by atoms with E-state index in [1.54, 1.807) is 12.1 Å². The molecule has 2 aromatic rings. The highest BCUT2D eigenvalue weighted by molar-refractivity contribution is 9.10. The average molecular weight is 360 g/mol. The van der Waals surface area contributed by atoms with Crippen LogP contribution in [-0.2, 0) is 6.61 Å². The summed E-state index contributed by atoms with van der Waals surface area (Å²) in [4.78, 5) is 11.1. The van der Waals surface area contributed by atoms with E-state index in [0.29, 0.717) is 10.0 Å². The normalized spacial score (nSPS) is 10.3. The van der Waals surface area contributed by atoms with Gasteiger partial charge in [0.15, 0.2) is 0 Å². The summed E-state index contributed by atoms with van der Waals surface area (Å²) < 4.78 is 19.0. The summed E-state index contributed by atoms with van der Waals surface area (Å²) in [6.07, 6.45) is 0. The Labute approximate surface area is 128 Å². The molecule has 20 heavy (non-hydrogen) atoms. The van der Waals surface area contributed by atoms with E-state index in [1.165, 1.54) is 24.3 Å². The van der Waals surface area contributed by atoms with Crippen molar-refractivity contribution < 1.29 is 19.0 Å². The molecule has 0 aliphatic rings. The smallest absolute Gasteiger partial charge is 0.339 e. The van der Waals surface area contributed by atoms with Crippen molar-refractivity contribution in [3.8, 4) is 5.75 Å². The maximum atomic E-state index is 12.9. The van der Waals surface area contributed by atoms with E-state index in [9.17, 15) is 9.18 Å². The van der Waals surface area contributed by atoms with E-state index in [0.717, 1.165) is 0 Å². The van der Waals surface area contributed by atoms with Crippen molar-refractivity contribution in [1.82, 2.24) is 0 Å². The Balaban J connectivity index is 2.25. The fourth-order valence-electron chi connectivity index (χ4n) is 1.61. The number of carboxylic acids is 1. The van der Waals surface area contributed by atoms with Gasteiger partial charge >= 0.3 is 5.97 Å². The van der Waals surface area contributed by atoms with E-state index in [1.807, 2.05) is 0 Å². The summed E-state index contributed by atoms with van der Waals surface area (Å²) in [6.45, 7) is 0.0437. The van der Waals surface area contributed by atoms with Crippen LogP contribution in [-0.4, -0.2) is 11.1 Å². The Bertz CT molecular complexity index is 661. The molecular formula is C14H9BrClFO3. The van der Waals surface area contributed by atoms with Crippen molar-refractivity contribution in [1.29, 1.82) is 0 Å². The topological polar surface area (TPSA) is 46.5 Å². The van der Waals surface area contributed by atoms with Gasteiger partial charge in [-0.2, -0.15) is 0 Å². The van der Waals surface area contributed by atoms with Gasteiger partial charge < -0.3 is 9.84 Å². The summed E-state index contributed by atoms with van der Waals surface area (Å²) in [5, 5.41) is 9.33. The molecule has 0 spiro atoms. The first-order valence-corrected chi connectivity index (χ1v) is 6.74. The zero-order chi connectivity index (χ0) is 14.7. The van der Waals surface area contributed by atoms with Crippen molar-refractivity contribution in [3.63, 3.8) is 0 Å². The standard InChI is InChI=1S/C14H9BrClFO3/c15-11-3-1-2-10(14(18)19)13(11)20-7-8-4-5-9(17)6-12(8)16/h1-6H,7H2,(H,18,19). The lowest BCUT2D eigenvalue weighted by molar-refractivity contribution is 0.0691. The first-order chi connectivity index (χ1) is 9.49. The van der Waals surface area contributed by atoms with Gasteiger partial charge in [-0.05, 0) is 40.2 Å². The molecule has 2 rings (SSSR count). The second-order valence-electron chi connectivity index (χ2n) is 3.95. The summed E-state index contributed by atoms with van der Waals surface area (Å²) in [6, 6.07) is 8.66. The molecule has 0 amide bonds. The summed E-state index contributed by atoms with van der Waals surface area (Å²) in [5.41, 5.74) is 0.609. The lowest BCUT2D eigenvalue weighted by Gasteiger charge is -2.12. The molecule has 0 heterocycles. The van der Waals surface area contributed by atoms with Gasteiger partial charge in [-0.25, -0.2) is 9.18 Å². The predicted octanol–water partition coefficient (Wildman–Crippen LogP) is 4.52. The first-order valence-electron chi connectivity index (χ1n) is 5.57. The van der Waals surface area contributed by atoms with Crippen molar-refractivity contribution >= 4 is 33.5 Å². The monoisotopic (exact) mass is 358 g/mol. The maximum absolute atomic E-state index is 12.9. The number of ether oxygens (including phenoxy) is 1. The Kier molecular flexibility index (Phi) is 4.62. The number of carboxylic acid groups (broad SMARTS) is 1. The summed E-state index contributed by atoms with van der Waals surface area (Å²) in [7, 11) is 0. The van der Waals surface area contributed by atoms with Crippen molar-refractivity contribution in [2.45, 2.75) is 6.61 Å². The molecule has 0 atom stereocenters. The molecule has 0 aliphatic carbocycles. The predicted molar refractivity (Wildman–Crippen MR) is 76.8 cm³/mol. The Morgan fingerprint density at radius 1 is 1.35 bits per heavy atom. The molecule has 0 saturated carbocycles. The fourth-order valence-corrected chi connectivity index (χ4v) is 2.32. The SMILES string of the molecule is O=C(O)c1cccc(Br)c1OCc1ccc(F)cc1Cl. The second-order valence-corrected chi connectivity index (χ2v) is 5.21. The van der Waals surface area contributed by atoms with Crippen LogP contribution in [0.2, 0.25) is 5.02 Å². The Hall–Kier alpha value is -1.59. The van der Waals surface area contributed by atoms with E-state index in [4.69, 9.17) is 21.4 Å². The third-order valence-electron chi connectivity index (χ3n) is 2.58. The summed E-state index contributed by atoms with van der Waals surface area (Å²) >= 11 is 9.13. The van der Waals surface area contributed by atoms with Crippen LogP contribution in [0.3, 0.4) is 0 Å². The van der Waals surface area contributed by atoms with Gasteiger partial charge in [0.25, 0.3) is 0 Å². The molecular weight excluding hydrogens is 351 g/mol. The number of benzene rings is 2. The van der Waals surface area contributed by atoms with Crippen LogP contribution in [0.4, 0.5) is 4.39 Å². The van der Waals surface area contributed by atoms with Crippen LogP contribution >= 0.6 is 27.5 Å². The molecule has 0 fully saturated rings. The minimum absolute atomic E-state index is 0.0395. The molecule has 2 aromatic carbocycles. The van der Waals surface area contributed by atoms with E-state index >= 15 is 0 Å². The van der Waals surface area contributed by atoms with Gasteiger partial charge in [0, 0.05) is 5.56 Å². The highest BCUT2D eigenvalue weighted by atomic mass is 79.9. The third-order valence-corrected chi connectivity index (χ3v) is 3.56. The maximum Gasteiger partial charge on any atom is 0.339 e. The molecule has 0 unspecified atom stereocenters. The van der Waals surface area contributed by atoms with Crippen molar-refractivity contribution in [2.24, 2.45) is 0 Å². The molecule has 0 bridgehead atoms. The van der Waals surface area contributed by atoms with Gasteiger partial charge in [-0.15, -0.1) is 0 Å². The number of hydrogen-bond acceptors (Lipinski definition) is 2. The number of carbonyl (C=O) groups is 1. The molecule has 0 saturated heterocycles. The van der Waals surface area contributed by atoms with Crippen LogP contribution in [0.15, 0.2) is 40.9 Å². The number of rotatable bonds is 4. The van der Waals surface area contributed by atoms with Crippen LogP contribution in [0.25, 0.3) is 0 Å². The lowest BCUT2D eigenvalue weighted by Crippen LogP contribution is -2.04. The van der Waals surface area contributed by atoms with Gasteiger partial charge in [-0.1, -0.05) is 23.7 Å². The average Bonchev–Trinajstić information content (AvgIpc) is 2.38. The largest absolute Gasteiger partial charge is 0.487 e. The fraction of sp³-hybridized carbons (Fsp3) is 0.0714. The minimum atomic E-state index is -1.09. The van der Waals surface area contributed by atoms with Gasteiger partial charge in [0.2, 0.25) is 0 Å². The molecule has 1 N–H and O–H groups in total. The van der Waals surface area contributed by atoms with Crippen molar-refractivity contribution in [2.75, 3.05) is 0 Å². The van der Waals surface area contributed by atoms with Crippen LogP contribution < -0.4 is 4.74 Å². The quantitative estimate of drug-likeness (QED) is 0.873. The number of halogens is 3. The molecule has 104 valence electrons. The van der Waals surface area contributed by atoms with Crippen LogP contribution in [0.1, 0.15) is 15.9 Å². The highest BCUT2D eigenvalue weighted by Gasteiger charge is 2.15. The van der Waals surface area contributed by atoms with E-state index < -0.39 is 11.8 Å². The number of aromatic carboxylic acids is 1. The minimum Gasteiger partial charge on any atom is -0.487 e. The zero-order valence-electron chi connectivity index (χ0n) is 10.1. The molecule has 0 radical (unpaired) electrons. The highest BCUT2D eigenvalue weighted by Crippen LogP contribution is 2.30. The first kappa shape index (κ1) is 14.8. The molecule has 0 aliphatic heterocycles.